The summed E-state index contributed by atoms with van der Waals surface area (Å²) in [6.07, 6.45) is 0. The van der Waals surface area contributed by atoms with Crippen LogP contribution in [0.1, 0.15) is 12.5 Å². The Morgan fingerprint density at radius 1 is 1.12 bits per heavy atom. The maximum atomic E-state index is 9.21. The van der Waals surface area contributed by atoms with Crippen LogP contribution in [0.3, 0.4) is 0 Å². The lowest BCUT2D eigenvalue weighted by Crippen LogP contribution is -2.38. The third-order valence-corrected chi connectivity index (χ3v) is 2.71. The number of hydrogen-bond donors (Lipinski definition) is 2. The van der Waals surface area contributed by atoms with Crippen molar-refractivity contribution in [3.05, 3.63) is 35.9 Å². The summed E-state index contributed by atoms with van der Waals surface area (Å²) in [6.45, 7) is 3.39. The Kier molecular flexibility index (Phi) is 4.93. The van der Waals surface area contributed by atoms with Crippen LogP contribution in [0.4, 0.5) is 0 Å². The van der Waals surface area contributed by atoms with Gasteiger partial charge in [-0.1, -0.05) is 37.3 Å². The molecule has 0 aliphatic rings. The molecule has 0 aromatic heterocycles. The van der Waals surface area contributed by atoms with E-state index in [4.69, 9.17) is 0 Å². The highest BCUT2D eigenvalue weighted by Crippen LogP contribution is 2.16. The normalized spacial score (nSPS) is 12.1. The molecule has 0 fully saturated rings. The average Bonchev–Trinajstić information content (AvgIpc) is 2.30. The molecule has 1 aromatic carbocycles. The second-order valence-electron chi connectivity index (χ2n) is 4.78. The zero-order chi connectivity index (χ0) is 12.0. The van der Waals surface area contributed by atoms with Crippen LogP contribution >= 0.6 is 0 Å². The molecule has 3 nitrogen and oxygen atoms in total. The number of nitrogens with zero attached hydrogens (tertiary/aromatic N) is 1. The number of aliphatic hydroxyl groups is 2. The Labute approximate surface area is 97.3 Å². The minimum Gasteiger partial charge on any atom is -0.396 e. The van der Waals surface area contributed by atoms with Crippen molar-refractivity contribution in [2.45, 2.75) is 13.5 Å². The largest absolute Gasteiger partial charge is 0.396 e. The van der Waals surface area contributed by atoms with Gasteiger partial charge in [0.25, 0.3) is 0 Å². The maximum absolute atomic E-state index is 9.21. The molecule has 1 rings (SSSR count). The van der Waals surface area contributed by atoms with Gasteiger partial charge in [0.1, 0.15) is 0 Å². The summed E-state index contributed by atoms with van der Waals surface area (Å²) in [5.74, 6) is 0. The van der Waals surface area contributed by atoms with E-state index >= 15 is 0 Å². The monoisotopic (exact) mass is 223 g/mol. The predicted octanol–water partition coefficient (Wildman–Crippen LogP) is 1.11. The summed E-state index contributed by atoms with van der Waals surface area (Å²) in [6, 6.07) is 10.2. The first-order chi connectivity index (χ1) is 7.59. The molecule has 0 bridgehead atoms. The van der Waals surface area contributed by atoms with Crippen LogP contribution in [0.25, 0.3) is 0 Å². The Bertz CT molecular complexity index is 296. The van der Waals surface area contributed by atoms with Crippen molar-refractivity contribution < 1.29 is 10.2 Å². The summed E-state index contributed by atoms with van der Waals surface area (Å²) in [4.78, 5) is 2.11. The van der Waals surface area contributed by atoms with Gasteiger partial charge in [-0.15, -0.1) is 0 Å². The minimum atomic E-state index is -0.427. The summed E-state index contributed by atoms with van der Waals surface area (Å²) in [5.41, 5.74) is 0.812. The second-order valence-corrected chi connectivity index (χ2v) is 4.78. The van der Waals surface area contributed by atoms with Gasteiger partial charge < -0.3 is 15.1 Å². The lowest BCUT2D eigenvalue weighted by molar-refractivity contribution is 0.0402. The van der Waals surface area contributed by atoms with Gasteiger partial charge in [-0.25, -0.2) is 0 Å². The fraction of sp³-hybridized carbons (Fsp3) is 0.538. The summed E-state index contributed by atoms with van der Waals surface area (Å²) in [7, 11) is 2.00. The molecule has 0 unspecified atom stereocenters. The Morgan fingerprint density at radius 2 is 1.69 bits per heavy atom. The van der Waals surface area contributed by atoms with E-state index in [0.29, 0.717) is 6.54 Å². The zero-order valence-electron chi connectivity index (χ0n) is 10.1. The van der Waals surface area contributed by atoms with E-state index < -0.39 is 5.41 Å². The SMILES string of the molecule is CN(Cc1ccccc1)CC(C)(CO)CO. The molecule has 0 saturated carbocycles. The van der Waals surface area contributed by atoms with Crippen LogP contribution in [-0.2, 0) is 6.54 Å². The molecule has 0 aliphatic heterocycles. The van der Waals surface area contributed by atoms with Crippen LogP contribution in [0, 0.1) is 5.41 Å². The molecule has 0 aliphatic carbocycles. The van der Waals surface area contributed by atoms with Gasteiger partial charge in [-0.2, -0.15) is 0 Å². The van der Waals surface area contributed by atoms with Gasteiger partial charge in [-0.3, -0.25) is 0 Å². The highest BCUT2D eigenvalue weighted by Gasteiger charge is 2.24. The van der Waals surface area contributed by atoms with Crippen molar-refractivity contribution >= 4 is 0 Å². The topological polar surface area (TPSA) is 43.7 Å². The summed E-state index contributed by atoms with van der Waals surface area (Å²) in [5, 5.41) is 18.4. The molecule has 1 aromatic rings. The molecule has 16 heavy (non-hydrogen) atoms. The van der Waals surface area contributed by atoms with E-state index in [1.165, 1.54) is 5.56 Å². The van der Waals surface area contributed by atoms with Crippen LogP contribution in [0.2, 0.25) is 0 Å². The van der Waals surface area contributed by atoms with Gasteiger partial charge in [0.05, 0.1) is 13.2 Å². The molecule has 0 saturated heterocycles. The number of aliphatic hydroxyl groups excluding tert-OH is 2. The standard InChI is InChI=1S/C13H21NO2/c1-13(10-15,11-16)9-14(2)8-12-6-4-3-5-7-12/h3-7,15-16H,8-11H2,1-2H3. The molecule has 0 radical (unpaired) electrons. The predicted molar refractivity (Wildman–Crippen MR) is 65.1 cm³/mol. The lowest BCUT2D eigenvalue weighted by Gasteiger charge is -2.30. The highest BCUT2D eigenvalue weighted by atomic mass is 16.3. The molecule has 0 amide bonds. The third kappa shape index (κ3) is 3.93. The first-order valence-corrected chi connectivity index (χ1v) is 5.54. The third-order valence-electron chi connectivity index (χ3n) is 2.71. The lowest BCUT2D eigenvalue weighted by atomic mass is 9.92. The van der Waals surface area contributed by atoms with Crippen molar-refractivity contribution in [3.63, 3.8) is 0 Å². The second kappa shape index (κ2) is 5.99. The Morgan fingerprint density at radius 3 is 2.19 bits per heavy atom. The zero-order valence-corrected chi connectivity index (χ0v) is 10.1. The quantitative estimate of drug-likeness (QED) is 0.759. The summed E-state index contributed by atoms with van der Waals surface area (Å²) < 4.78 is 0. The molecule has 3 heteroatoms. The molecule has 90 valence electrons. The summed E-state index contributed by atoms with van der Waals surface area (Å²) >= 11 is 0. The van der Waals surface area contributed by atoms with E-state index in [-0.39, 0.29) is 13.2 Å². The van der Waals surface area contributed by atoms with Crippen molar-refractivity contribution in [2.24, 2.45) is 5.41 Å². The van der Waals surface area contributed by atoms with E-state index in [9.17, 15) is 10.2 Å². The number of rotatable bonds is 6. The Balaban J connectivity index is 2.50. The average molecular weight is 223 g/mol. The minimum absolute atomic E-state index is 0.00261. The Hall–Kier alpha value is -0.900. The van der Waals surface area contributed by atoms with Crippen molar-refractivity contribution in [1.29, 1.82) is 0 Å². The molecule has 0 heterocycles. The molecule has 0 spiro atoms. The van der Waals surface area contributed by atoms with Gasteiger partial charge in [0, 0.05) is 18.5 Å². The van der Waals surface area contributed by atoms with Gasteiger partial charge in [0.2, 0.25) is 0 Å². The van der Waals surface area contributed by atoms with Crippen molar-refractivity contribution in [2.75, 3.05) is 26.8 Å². The van der Waals surface area contributed by atoms with Gasteiger partial charge in [-0.05, 0) is 12.6 Å². The smallest absolute Gasteiger partial charge is 0.0519 e. The van der Waals surface area contributed by atoms with Crippen LogP contribution in [0.15, 0.2) is 30.3 Å². The van der Waals surface area contributed by atoms with Gasteiger partial charge in [0.15, 0.2) is 0 Å². The number of benzene rings is 1. The van der Waals surface area contributed by atoms with Gasteiger partial charge >= 0.3 is 0 Å². The molecule has 0 atom stereocenters. The van der Waals surface area contributed by atoms with Crippen LogP contribution < -0.4 is 0 Å². The molecular formula is C13H21NO2. The first kappa shape index (κ1) is 13.2. The van der Waals surface area contributed by atoms with E-state index in [0.717, 1.165) is 6.54 Å². The fourth-order valence-electron chi connectivity index (χ4n) is 1.75. The fourth-order valence-corrected chi connectivity index (χ4v) is 1.75. The van der Waals surface area contributed by atoms with E-state index in [1.807, 2.05) is 32.2 Å². The van der Waals surface area contributed by atoms with E-state index in [1.54, 1.807) is 0 Å². The molecular weight excluding hydrogens is 202 g/mol. The number of hydrogen-bond acceptors (Lipinski definition) is 3. The highest BCUT2D eigenvalue weighted by molar-refractivity contribution is 5.14. The first-order valence-electron chi connectivity index (χ1n) is 5.54. The maximum Gasteiger partial charge on any atom is 0.0519 e. The van der Waals surface area contributed by atoms with E-state index in [2.05, 4.69) is 17.0 Å². The van der Waals surface area contributed by atoms with Crippen LogP contribution in [0.5, 0.6) is 0 Å². The van der Waals surface area contributed by atoms with Crippen molar-refractivity contribution in [1.82, 2.24) is 4.90 Å². The molecule has 2 N–H and O–H groups in total. The van der Waals surface area contributed by atoms with Crippen LogP contribution in [-0.4, -0.2) is 41.9 Å². The van der Waals surface area contributed by atoms with Crippen molar-refractivity contribution in [3.8, 4) is 0 Å².